The Hall–Kier alpha value is -1.11. The van der Waals surface area contributed by atoms with E-state index in [4.69, 9.17) is 0 Å². The molecule has 3 fully saturated rings. The second-order valence-electron chi connectivity index (χ2n) is 13.6. The van der Waals surface area contributed by atoms with E-state index < -0.39 is 0 Å². The first-order valence-corrected chi connectivity index (χ1v) is 12.9. The molecule has 0 aromatic carbocycles. The average Bonchev–Trinajstić information content (AvgIpc) is 2.69. The topological polar surface area (TPSA) is 17.1 Å². The molecule has 0 bridgehead atoms. The zero-order valence-corrected chi connectivity index (χ0v) is 21.2. The molecule has 5 rings (SSSR count). The summed E-state index contributed by atoms with van der Waals surface area (Å²) in [7, 11) is 0. The molecular formula is C30H44O. The molecule has 31 heavy (non-hydrogen) atoms. The summed E-state index contributed by atoms with van der Waals surface area (Å²) in [6.45, 7) is 21.7. The molecule has 0 aliphatic heterocycles. The number of carbonyl (C=O) groups excluding carboxylic acids is 1. The number of rotatable bonds is 0. The minimum Gasteiger partial charge on any atom is -0.299 e. The lowest BCUT2D eigenvalue weighted by Crippen LogP contribution is -2.61. The number of fused-ring (bicyclic) bond motifs is 7. The summed E-state index contributed by atoms with van der Waals surface area (Å²) in [5, 5.41) is 0. The fourth-order valence-corrected chi connectivity index (χ4v) is 9.65. The minimum atomic E-state index is -0.292. The van der Waals surface area contributed by atoms with Gasteiger partial charge in [-0.2, -0.15) is 0 Å². The van der Waals surface area contributed by atoms with Crippen LogP contribution in [0.1, 0.15) is 99.8 Å². The second-order valence-corrected chi connectivity index (χ2v) is 13.6. The Morgan fingerprint density at radius 1 is 0.935 bits per heavy atom. The average molecular weight is 421 g/mol. The Morgan fingerprint density at radius 2 is 1.65 bits per heavy atom. The summed E-state index contributed by atoms with van der Waals surface area (Å²) >= 11 is 0. The quantitative estimate of drug-likeness (QED) is 0.362. The molecule has 0 N–H and O–H groups in total. The number of ketones is 1. The van der Waals surface area contributed by atoms with Gasteiger partial charge in [0.2, 0.25) is 0 Å². The third-order valence-electron chi connectivity index (χ3n) is 12.0. The highest BCUT2D eigenvalue weighted by Crippen LogP contribution is 2.74. The molecule has 0 heterocycles. The molecule has 170 valence electrons. The van der Waals surface area contributed by atoms with Crippen molar-refractivity contribution in [2.24, 2.45) is 44.8 Å². The smallest absolute Gasteiger partial charge is 0.142 e. The van der Waals surface area contributed by atoms with Gasteiger partial charge >= 0.3 is 0 Å². The standard InChI is InChI=1S/C30H44O/c1-19-11-14-27(5)17-18-29(7)21(25(27)20(19)2)9-10-23-28(6)15-13-24(31)26(3,4)22(28)12-16-30(23,29)8/h9,12,20,23,25H,1,10-11,13-18H2,2-8H3/t20-,23+,25-,27-,28+,29-,30-/m1/s1. The summed E-state index contributed by atoms with van der Waals surface area (Å²) in [6, 6.07) is 0. The highest BCUT2D eigenvalue weighted by atomic mass is 16.1. The van der Waals surface area contributed by atoms with E-state index in [1.54, 1.807) is 5.57 Å². The Bertz CT molecular complexity index is 917. The van der Waals surface area contributed by atoms with Crippen LogP contribution in [0.15, 0.2) is 35.5 Å². The molecule has 0 aromatic rings. The summed E-state index contributed by atoms with van der Waals surface area (Å²) in [5.74, 6) is 2.34. The van der Waals surface area contributed by atoms with Crippen molar-refractivity contribution < 1.29 is 4.79 Å². The maximum Gasteiger partial charge on any atom is 0.142 e. The van der Waals surface area contributed by atoms with Crippen LogP contribution in [-0.4, -0.2) is 5.78 Å². The van der Waals surface area contributed by atoms with Crippen LogP contribution < -0.4 is 0 Å². The van der Waals surface area contributed by atoms with Crippen molar-refractivity contribution in [1.29, 1.82) is 0 Å². The van der Waals surface area contributed by atoms with Crippen LogP contribution in [0, 0.1) is 44.8 Å². The van der Waals surface area contributed by atoms with E-state index in [2.05, 4.69) is 67.2 Å². The van der Waals surface area contributed by atoms with E-state index in [9.17, 15) is 4.79 Å². The molecule has 0 aromatic heterocycles. The maximum atomic E-state index is 12.8. The van der Waals surface area contributed by atoms with Crippen LogP contribution in [0.4, 0.5) is 0 Å². The van der Waals surface area contributed by atoms with Gasteiger partial charge < -0.3 is 0 Å². The third kappa shape index (κ3) is 2.47. The number of Topliss-reactive ketones (excluding diaryl/α,β-unsaturated/α-hetero) is 1. The van der Waals surface area contributed by atoms with Gasteiger partial charge in [-0.05, 0) is 98.2 Å². The van der Waals surface area contributed by atoms with Gasteiger partial charge in [-0.25, -0.2) is 0 Å². The van der Waals surface area contributed by atoms with Crippen molar-refractivity contribution >= 4 is 5.78 Å². The summed E-state index contributed by atoms with van der Waals surface area (Å²) < 4.78 is 0. The molecule has 0 saturated heterocycles. The molecule has 0 amide bonds. The molecule has 1 nitrogen and oxygen atoms in total. The number of carbonyl (C=O) groups is 1. The number of hydrogen-bond acceptors (Lipinski definition) is 1. The Balaban J connectivity index is 1.63. The van der Waals surface area contributed by atoms with Crippen LogP contribution in [0.25, 0.3) is 0 Å². The van der Waals surface area contributed by atoms with Crippen molar-refractivity contribution in [3.8, 4) is 0 Å². The molecule has 7 atom stereocenters. The zero-order chi connectivity index (χ0) is 22.6. The van der Waals surface area contributed by atoms with E-state index in [-0.39, 0.29) is 21.7 Å². The molecule has 0 radical (unpaired) electrons. The Morgan fingerprint density at radius 3 is 2.35 bits per heavy atom. The van der Waals surface area contributed by atoms with Crippen LogP contribution in [0.2, 0.25) is 0 Å². The monoisotopic (exact) mass is 420 g/mol. The zero-order valence-electron chi connectivity index (χ0n) is 21.2. The largest absolute Gasteiger partial charge is 0.299 e. The van der Waals surface area contributed by atoms with Crippen molar-refractivity contribution in [3.05, 3.63) is 35.5 Å². The lowest BCUT2D eigenvalue weighted by molar-refractivity contribution is -0.135. The van der Waals surface area contributed by atoms with E-state index >= 15 is 0 Å². The normalized spacial score (nSPS) is 51.0. The predicted octanol–water partition coefficient (Wildman–Crippen LogP) is 8.07. The molecule has 5 aliphatic rings. The van der Waals surface area contributed by atoms with Gasteiger partial charge in [0, 0.05) is 11.8 Å². The molecule has 5 aliphatic carbocycles. The predicted molar refractivity (Wildman–Crippen MR) is 130 cm³/mol. The van der Waals surface area contributed by atoms with Gasteiger partial charge in [-0.3, -0.25) is 4.79 Å². The van der Waals surface area contributed by atoms with E-state index in [1.165, 1.54) is 43.3 Å². The highest BCUT2D eigenvalue weighted by molar-refractivity contribution is 5.89. The van der Waals surface area contributed by atoms with E-state index in [0.29, 0.717) is 29.0 Å². The summed E-state index contributed by atoms with van der Waals surface area (Å²) in [6.07, 6.45) is 14.5. The number of hydrogen-bond donors (Lipinski definition) is 0. The number of allylic oxidation sites excluding steroid dienone is 5. The van der Waals surface area contributed by atoms with Gasteiger partial charge in [0.05, 0.1) is 0 Å². The molecule has 3 saturated carbocycles. The van der Waals surface area contributed by atoms with E-state index in [1.807, 2.05) is 0 Å². The lowest BCUT2D eigenvalue weighted by atomic mass is 9.35. The summed E-state index contributed by atoms with van der Waals surface area (Å²) in [5.41, 5.74) is 5.53. The van der Waals surface area contributed by atoms with Crippen molar-refractivity contribution in [2.45, 2.75) is 99.8 Å². The maximum absolute atomic E-state index is 12.8. The third-order valence-corrected chi connectivity index (χ3v) is 12.0. The first-order valence-electron chi connectivity index (χ1n) is 12.9. The van der Waals surface area contributed by atoms with Crippen LogP contribution in [0.3, 0.4) is 0 Å². The SMILES string of the molecule is C=C1CC[C@]2(C)CC[C@]3(C)C(=CC[C@H]4[C@@]5(C)CCC(=O)C(C)(C)C5=CC[C@]43C)[C@H]2[C@@H]1C. The molecular weight excluding hydrogens is 376 g/mol. The summed E-state index contributed by atoms with van der Waals surface area (Å²) in [4.78, 5) is 12.8. The van der Waals surface area contributed by atoms with Crippen molar-refractivity contribution in [2.75, 3.05) is 0 Å². The van der Waals surface area contributed by atoms with Gasteiger partial charge in [0.15, 0.2) is 0 Å². The molecule has 1 heteroatoms. The van der Waals surface area contributed by atoms with Crippen LogP contribution >= 0.6 is 0 Å². The van der Waals surface area contributed by atoms with Crippen LogP contribution in [-0.2, 0) is 4.79 Å². The first-order chi connectivity index (χ1) is 14.3. The second kappa shape index (κ2) is 6.27. The highest BCUT2D eigenvalue weighted by Gasteiger charge is 2.66. The lowest BCUT2D eigenvalue weighted by Gasteiger charge is -2.68. The minimum absolute atomic E-state index is 0.151. The van der Waals surface area contributed by atoms with E-state index in [0.717, 1.165) is 19.3 Å². The first kappa shape index (κ1) is 21.7. The van der Waals surface area contributed by atoms with Gasteiger partial charge in [-0.1, -0.05) is 70.1 Å². The Kier molecular flexibility index (Phi) is 4.39. The van der Waals surface area contributed by atoms with Gasteiger partial charge in [-0.15, -0.1) is 0 Å². The van der Waals surface area contributed by atoms with Crippen molar-refractivity contribution in [1.82, 2.24) is 0 Å². The van der Waals surface area contributed by atoms with Crippen molar-refractivity contribution in [3.63, 3.8) is 0 Å². The molecule has 0 unspecified atom stereocenters. The van der Waals surface area contributed by atoms with Gasteiger partial charge in [0.1, 0.15) is 5.78 Å². The Labute approximate surface area is 190 Å². The van der Waals surface area contributed by atoms with Crippen LogP contribution in [0.5, 0.6) is 0 Å². The fourth-order valence-electron chi connectivity index (χ4n) is 9.65. The fraction of sp³-hybridized carbons (Fsp3) is 0.767. The molecule has 0 spiro atoms. The van der Waals surface area contributed by atoms with Gasteiger partial charge in [0.25, 0.3) is 0 Å².